The predicted molar refractivity (Wildman–Crippen MR) is 78.3 cm³/mol. The second kappa shape index (κ2) is 6.86. The highest BCUT2D eigenvalue weighted by atomic mass is 35.5. The zero-order valence-electron chi connectivity index (χ0n) is 11.5. The van der Waals surface area contributed by atoms with Gasteiger partial charge in [-0.05, 0) is 43.5 Å². The first kappa shape index (κ1) is 15.0. The van der Waals surface area contributed by atoms with Crippen molar-refractivity contribution in [2.75, 3.05) is 6.54 Å². The average Bonchev–Trinajstić information content (AvgIpc) is 2.85. The molecular weight excluding hydrogens is 276 g/mol. The van der Waals surface area contributed by atoms with Crippen molar-refractivity contribution in [3.63, 3.8) is 0 Å². The number of halogens is 1. The molecule has 0 radical (unpaired) electrons. The highest BCUT2D eigenvalue weighted by Crippen LogP contribution is 2.19. The summed E-state index contributed by atoms with van der Waals surface area (Å²) in [4.78, 5) is 23.9. The number of hydrogen-bond acceptors (Lipinski definition) is 3. The molecule has 108 valence electrons. The van der Waals surface area contributed by atoms with Crippen molar-refractivity contribution in [2.45, 2.75) is 38.3 Å². The maximum Gasteiger partial charge on any atom is 0.239 e. The fraction of sp³-hybridized carbons (Fsp3) is 0.467. The van der Waals surface area contributed by atoms with E-state index >= 15 is 0 Å². The van der Waals surface area contributed by atoms with Crippen LogP contribution in [0.5, 0.6) is 0 Å². The Labute approximate surface area is 124 Å². The van der Waals surface area contributed by atoms with E-state index in [0.717, 1.165) is 18.4 Å². The molecule has 0 unspecified atom stereocenters. The van der Waals surface area contributed by atoms with Gasteiger partial charge in [0.15, 0.2) is 5.78 Å². The highest BCUT2D eigenvalue weighted by Gasteiger charge is 2.31. The molecule has 0 aromatic heterocycles. The van der Waals surface area contributed by atoms with Gasteiger partial charge in [-0.1, -0.05) is 30.3 Å². The fourth-order valence-electron chi connectivity index (χ4n) is 2.40. The van der Waals surface area contributed by atoms with Crippen molar-refractivity contribution in [1.29, 1.82) is 0 Å². The van der Waals surface area contributed by atoms with E-state index in [9.17, 15) is 9.59 Å². The molecule has 20 heavy (non-hydrogen) atoms. The summed E-state index contributed by atoms with van der Waals surface area (Å²) in [5.41, 5.74) is 1.03. The van der Waals surface area contributed by atoms with Crippen LogP contribution < -0.4 is 5.32 Å². The van der Waals surface area contributed by atoms with Crippen molar-refractivity contribution in [3.05, 3.63) is 35.9 Å². The van der Waals surface area contributed by atoms with E-state index in [1.54, 1.807) is 0 Å². The minimum Gasteiger partial charge on any atom is -0.345 e. The van der Waals surface area contributed by atoms with E-state index < -0.39 is 6.04 Å². The molecule has 1 aromatic carbocycles. The van der Waals surface area contributed by atoms with Gasteiger partial charge in [-0.3, -0.25) is 9.59 Å². The summed E-state index contributed by atoms with van der Waals surface area (Å²) in [5.74, 6) is -0.199. The molecule has 5 heteroatoms. The third-order valence-corrected chi connectivity index (χ3v) is 3.98. The SMILES string of the molecule is CC(=O)[C@H](Cc1ccccc1)NC(=O)[C@@H]1CCCN1Cl. The zero-order chi connectivity index (χ0) is 14.5. The lowest BCUT2D eigenvalue weighted by atomic mass is 10.0. The number of nitrogens with one attached hydrogen (secondary N) is 1. The number of ketones is 1. The van der Waals surface area contributed by atoms with Gasteiger partial charge < -0.3 is 5.32 Å². The summed E-state index contributed by atoms with van der Waals surface area (Å²) in [6.45, 7) is 2.21. The molecule has 1 heterocycles. The van der Waals surface area contributed by atoms with Crippen LogP contribution in [0.15, 0.2) is 30.3 Å². The van der Waals surface area contributed by atoms with Crippen LogP contribution in [-0.4, -0.2) is 34.7 Å². The number of carbonyl (C=O) groups excluding carboxylic acids is 2. The number of Topliss-reactive ketones (excluding diaryl/α,β-unsaturated/α-hetero) is 1. The van der Waals surface area contributed by atoms with Crippen LogP contribution in [0.3, 0.4) is 0 Å². The van der Waals surface area contributed by atoms with Crippen molar-refractivity contribution in [3.8, 4) is 0 Å². The maximum absolute atomic E-state index is 12.2. The molecule has 2 atom stereocenters. The normalized spacial score (nSPS) is 20.6. The molecule has 1 N–H and O–H groups in total. The molecular formula is C15H19ClN2O2. The molecule has 1 fully saturated rings. The van der Waals surface area contributed by atoms with Gasteiger partial charge >= 0.3 is 0 Å². The molecule has 2 rings (SSSR count). The third-order valence-electron chi connectivity index (χ3n) is 3.58. The van der Waals surface area contributed by atoms with Crippen LogP contribution in [0.25, 0.3) is 0 Å². The summed E-state index contributed by atoms with van der Waals surface area (Å²) in [7, 11) is 0. The van der Waals surface area contributed by atoms with Gasteiger partial charge in [-0.15, -0.1) is 0 Å². The summed E-state index contributed by atoms with van der Waals surface area (Å²) in [5, 5.41) is 2.82. The van der Waals surface area contributed by atoms with Crippen molar-refractivity contribution in [2.24, 2.45) is 0 Å². The van der Waals surface area contributed by atoms with Gasteiger partial charge in [-0.2, -0.15) is 0 Å². The van der Waals surface area contributed by atoms with E-state index in [1.165, 1.54) is 11.3 Å². The zero-order valence-corrected chi connectivity index (χ0v) is 12.3. The second-order valence-electron chi connectivity index (χ2n) is 5.14. The first-order valence-corrected chi connectivity index (χ1v) is 7.19. The predicted octanol–water partition coefficient (Wildman–Crippen LogP) is 1.92. The van der Waals surface area contributed by atoms with Gasteiger partial charge in [-0.25, -0.2) is 4.42 Å². The van der Waals surface area contributed by atoms with Crippen LogP contribution in [0.4, 0.5) is 0 Å². The lowest BCUT2D eigenvalue weighted by molar-refractivity contribution is -0.128. The Morgan fingerprint density at radius 2 is 2.10 bits per heavy atom. The maximum atomic E-state index is 12.2. The van der Waals surface area contributed by atoms with E-state index in [4.69, 9.17) is 11.8 Å². The Bertz CT molecular complexity index is 478. The van der Waals surface area contributed by atoms with E-state index in [-0.39, 0.29) is 17.7 Å². The van der Waals surface area contributed by atoms with Crippen LogP contribution in [-0.2, 0) is 16.0 Å². The summed E-state index contributed by atoms with van der Waals surface area (Å²) < 4.78 is 1.52. The van der Waals surface area contributed by atoms with E-state index in [0.29, 0.717) is 13.0 Å². The number of amides is 1. The average molecular weight is 295 g/mol. The quantitative estimate of drug-likeness (QED) is 0.844. The number of nitrogens with zero attached hydrogens (tertiary/aromatic N) is 1. The van der Waals surface area contributed by atoms with Crippen molar-refractivity contribution in [1.82, 2.24) is 9.74 Å². The molecule has 1 aromatic rings. The standard InChI is InChI=1S/C15H19ClN2O2/c1-11(19)13(10-12-6-3-2-4-7-12)17-15(20)14-8-5-9-18(14)16/h2-4,6-7,13-14H,5,8-10H2,1H3,(H,17,20)/t13-,14-/m0/s1. The minimum absolute atomic E-state index is 0.0404. The molecule has 1 aliphatic rings. The smallest absolute Gasteiger partial charge is 0.239 e. The number of benzene rings is 1. The molecule has 1 amide bonds. The number of rotatable bonds is 5. The molecule has 0 spiro atoms. The van der Waals surface area contributed by atoms with Crippen molar-refractivity contribution >= 4 is 23.5 Å². The highest BCUT2D eigenvalue weighted by molar-refractivity contribution is 6.15. The van der Waals surface area contributed by atoms with Gasteiger partial charge in [0.05, 0.1) is 6.04 Å². The first-order valence-electron chi connectivity index (χ1n) is 6.85. The van der Waals surface area contributed by atoms with Crippen LogP contribution >= 0.6 is 11.8 Å². The van der Waals surface area contributed by atoms with Gasteiger partial charge in [0.2, 0.25) is 5.91 Å². The van der Waals surface area contributed by atoms with Gasteiger partial charge in [0.1, 0.15) is 6.04 Å². The molecule has 0 bridgehead atoms. The molecule has 4 nitrogen and oxygen atoms in total. The molecule has 0 saturated carbocycles. The minimum atomic E-state index is -0.490. The Hall–Kier alpha value is -1.39. The Balaban J connectivity index is 1.99. The third kappa shape index (κ3) is 3.81. The van der Waals surface area contributed by atoms with E-state index in [2.05, 4.69) is 5.32 Å². The first-order chi connectivity index (χ1) is 9.58. The lowest BCUT2D eigenvalue weighted by Gasteiger charge is -2.21. The summed E-state index contributed by atoms with van der Waals surface area (Å²) >= 11 is 5.98. The molecule has 0 aliphatic carbocycles. The number of carbonyl (C=O) groups is 2. The Morgan fingerprint density at radius 3 is 2.65 bits per heavy atom. The number of hydrogen-bond donors (Lipinski definition) is 1. The van der Waals surface area contributed by atoms with Crippen LogP contribution in [0.1, 0.15) is 25.3 Å². The van der Waals surface area contributed by atoms with E-state index in [1.807, 2.05) is 30.3 Å². The van der Waals surface area contributed by atoms with Gasteiger partial charge in [0, 0.05) is 6.54 Å². The molecule has 1 aliphatic heterocycles. The lowest BCUT2D eigenvalue weighted by Crippen LogP contribution is -2.48. The summed E-state index contributed by atoms with van der Waals surface area (Å²) in [6.07, 6.45) is 2.16. The molecule has 1 saturated heterocycles. The van der Waals surface area contributed by atoms with Gasteiger partial charge in [0.25, 0.3) is 0 Å². The monoisotopic (exact) mass is 294 g/mol. The van der Waals surface area contributed by atoms with Crippen LogP contribution in [0, 0.1) is 0 Å². The van der Waals surface area contributed by atoms with Crippen molar-refractivity contribution < 1.29 is 9.59 Å². The Kier molecular flexibility index (Phi) is 5.15. The fourth-order valence-corrected chi connectivity index (χ4v) is 2.71. The van der Waals surface area contributed by atoms with Crippen LogP contribution in [0.2, 0.25) is 0 Å². The Morgan fingerprint density at radius 1 is 1.40 bits per heavy atom. The second-order valence-corrected chi connectivity index (χ2v) is 5.58. The largest absolute Gasteiger partial charge is 0.345 e. The topological polar surface area (TPSA) is 49.4 Å². The summed E-state index contributed by atoms with van der Waals surface area (Å²) in [6, 6.07) is 8.86.